The van der Waals surface area contributed by atoms with Crippen LogP contribution in [0.2, 0.25) is 5.15 Å². The van der Waals surface area contributed by atoms with Crippen LogP contribution in [0.5, 0.6) is 0 Å². The van der Waals surface area contributed by atoms with E-state index in [1.807, 2.05) is 29.6 Å². The van der Waals surface area contributed by atoms with Gasteiger partial charge in [-0.15, -0.1) is 21.5 Å². The average Bonchev–Trinajstić information content (AvgIpc) is 2.71. The van der Waals surface area contributed by atoms with Gasteiger partial charge in [-0.3, -0.25) is 0 Å². The molecular weight excluding hydrogens is 399 g/mol. The molecule has 90 valence electrons. The lowest BCUT2D eigenvalue weighted by atomic mass is 10.1. The fourth-order valence-corrected chi connectivity index (χ4v) is 4.08. The Bertz CT molecular complexity index is 742. The quantitative estimate of drug-likeness (QED) is 0.532. The molecule has 0 unspecified atom stereocenters. The van der Waals surface area contributed by atoms with Crippen molar-refractivity contribution in [3.05, 3.63) is 43.7 Å². The number of fused-ring (bicyclic) bond motifs is 1. The van der Waals surface area contributed by atoms with E-state index in [1.54, 1.807) is 11.3 Å². The van der Waals surface area contributed by atoms with Crippen LogP contribution >= 0.6 is 54.8 Å². The highest BCUT2D eigenvalue weighted by molar-refractivity contribution is 9.13. The largest absolute Gasteiger partial charge is 0.159 e. The fourth-order valence-electron chi connectivity index (χ4n) is 1.72. The van der Waals surface area contributed by atoms with E-state index < -0.39 is 0 Å². The molecule has 0 saturated heterocycles. The van der Waals surface area contributed by atoms with Crippen molar-refractivity contribution >= 4 is 65.6 Å². The monoisotopic (exact) mass is 402 g/mol. The molecule has 18 heavy (non-hydrogen) atoms. The van der Waals surface area contributed by atoms with Crippen molar-refractivity contribution < 1.29 is 0 Å². The third-order valence-corrected chi connectivity index (χ3v) is 6.36. The first-order chi connectivity index (χ1) is 8.68. The van der Waals surface area contributed by atoms with Crippen LogP contribution < -0.4 is 0 Å². The predicted molar refractivity (Wildman–Crippen MR) is 83.3 cm³/mol. The summed E-state index contributed by atoms with van der Waals surface area (Å²) in [5.41, 5.74) is 0.845. The lowest BCUT2D eigenvalue weighted by molar-refractivity contribution is 1.06. The van der Waals surface area contributed by atoms with Crippen LogP contribution in [0.4, 0.5) is 0 Å². The molecule has 3 aromatic rings. The number of rotatable bonds is 1. The zero-order chi connectivity index (χ0) is 12.7. The van der Waals surface area contributed by atoms with Crippen molar-refractivity contribution in [1.29, 1.82) is 0 Å². The van der Waals surface area contributed by atoms with Gasteiger partial charge in [0.25, 0.3) is 0 Å². The molecule has 0 aliphatic rings. The van der Waals surface area contributed by atoms with E-state index >= 15 is 0 Å². The molecule has 0 atom stereocenters. The maximum absolute atomic E-state index is 6.07. The van der Waals surface area contributed by atoms with Gasteiger partial charge in [-0.2, -0.15) is 0 Å². The van der Waals surface area contributed by atoms with E-state index in [-0.39, 0.29) is 0 Å². The van der Waals surface area contributed by atoms with Gasteiger partial charge in [0.2, 0.25) is 0 Å². The Balaban J connectivity index is 2.37. The Morgan fingerprint density at radius 1 is 1.06 bits per heavy atom. The topological polar surface area (TPSA) is 25.8 Å². The molecule has 0 saturated carbocycles. The molecule has 2 aromatic heterocycles. The van der Waals surface area contributed by atoms with Gasteiger partial charge in [0.1, 0.15) is 5.69 Å². The summed E-state index contributed by atoms with van der Waals surface area (Å²) in [6.07, 6.45) is 0. The van der Waals surface area contributed by atoms with Gasteiger partial charge in [0, 0.05) is 20.6 Å². The third kappa shape index (κ3) is 1.99. The second-order valence-electron chi connectivity index (χ2n) is 3.61. The molecule has 0 aliphatic carbocycles. The molecule has 0 amide bonds. The maximum atomic E-state index is 6.07. The Morgan fingerprint density at radius 3 is 2.44 bits per heavy atom. The molecule has 2 heterocycles. The molecule has 0 aliphatic heterocycles. The van der Waals surface area contributed by atoms with Gasteiger partial charge in [0.15, 0.2) is 5.15 Å². The Labute approximate surface area is 129 Å². The number of hydrogen-bond acceptors (Lipinski definition) is 3. The summed E-state index contributed by atoms with van der Waals surface area (Å²) < 4.78 is 2.01. The first kappa shape index (κ1) is 12.5. The summed E-state index contributed by atoms with van der Waals surface area (Å²) in [7, 11) is 0. The summed E-state index contributed by atoms with van der Waals surface area (Å²) in [4.78, 5) is 1.04. The molecule has 0 radical (unpaired) electrons. The third-order valence-electron chi connectivity index (χ3n) is 2.55. The molecular formula is C12H5Br2ClN2S. The van der Waals surface area contributed by atoms with Crippen molar-refractivity contribution in [2.75, 3.05) is 0 Å². The van der Waals surface area contributed by atoms with E-state index in [0.29, 0.717) is 5.15 Å². The van der Waals surface area contributed by atoms with E-state index in [4.69, 9.17) is 11.6 Å². The van der Waals surface area contributed by atoms with Gasteiger partial charge in [0.05, 0.1) is 9.35 Å². The molecule has 3 rings (SSSR count). The Hall–Kier alpha value is -0.490. The molecule has 0 N–H and O–H groups in total. The van der Waals surface area contributed by atoms with Crippen LogP contribution in [-0.2, 0) is 0 Å². The Kier molecular flexibility index (Phi) is 3.40. The zero-order valence-electron chi connectivity index (χ0n) is 8.82. The van der Waals surface area contributed by atoms with Crippen LogP contribution in [-0.4, -0.2) is 10.2 Å². The first-order valence-corrected chi connectivity index (χ1v) is 7.86. The van der Waals surface area contributed by atoms with Gasteiger partial charge in [-0.05, 0) is 31.9 Å². The fraction of sp³-hybridized carbons (Fsp3) is 0. The van der Waals surface area contributed by atoms with Crippen molar-refractivity contribution in [1.82, 2.24) is 10.2 Å². The summed E-state index contributed by atoms with van der Waals surface area (Å²) in [6.45, 7) is 0. The molecule has 0 bridgehead atoms. The van der Waals surface area contributed by atoms with Crippen molar-refractivity contribution in [2.24, 2.45) is 0 Å². The summed E-state index contributed by atoms with van der Waals surface area (Å²) in [6, 6.07) is 7.87. The van der Waals surface area contributed by atoms with Crippen molar-refractivity contribution in [2.45, 2.75) is 0 Å². The van der Waals surface area contributed by atoms with Crippen LogP contribution in [0.3, 0.4) is 0 Å². The van der Waals surface area contributed by atoms with Gasteiger partial charge in [-0.25, -0.2) is 0 Å². The van der Waals surface area contributed by atoms with Gasteiger partial charge in [-0.1, -0.05) is 35.9 Å². The second-order valence-corrected chi connectivity index (χ2v) is 6.50. The molecule has 1 aromatic carbocycles. The minimum atomic E-state index is 0.432. The van der Waals surface area contributed by atoms with E-state index in [0.717, 1.165) is 30.3 Å². The highest BCUT2D eigenvalue weighted by Gasteiger charge is 2.15. The number of aromatic nitrogens is 2. The number of nitrogens with zero attached hydrogens (tertiary/aromatic N) is 2. The minimum absolute atomic E-state index is 0.432. The van der Waals surface area contributed by atoms with Crippen molar-refractivity contribution in [3.8, 4) is 10.6 Å². The number of benzene rings is 1. The summed E-state index contributed by atoms with van der Waals surface area (Å²) in [5, 5.41) is 12.6. The van der Waals surface area contributed by atoms with E-state index in [9.17, 15) is 0 Å². The lowest BCUT2D eigenvalue weighted by Gasteiger charge is -2.04. The zero-order valence-corrected chi connectivity index (χ0v) is 13.6. The van der Waals surface area contributed by atoms with E-state index in [2.05, 4.69) is 42.1 Å². The number of hydrogen-bond donors (Lipinski definition) is 0. The molecule has 2 nitrogen and oxygen atoms in total. The van der Waals surface area contributed by atoms with Crippen molar-refractivity contribution in [3.63, 3.8) is 0 Å². The number of thiophene rings is 1. The lowest BCUT2D eigenvalue weighted by Crippen LogP contribution is -1.90. The van der Waals surface area contributed by atoms with Gasteiger partial charge < -0.3 is 0 Å². The molecule has 0 spiro atoms. The minimum Gasteiger partial charge on any atom is -0.147 e. The van der Waals surface area contributed by atoms with Gasteiger partial charge >= 0.3 is 0 Å². The van der Waals surface area contributed by atoms with Crippen LogP contribution in [0.15, 0.2) is 38.6 Å². The summed E-state index contributed by atoms with van der Waals surface area (Å²) >= 11 is 14.7. The second kappa shape index (κ2) is 4.89. The van der Waals surface area contributed by atoms with Crippen LogP contribution in [0.25, 0.3) is 21.3 Å². The molecule has 0 fully saturated rings. The Morgan fingerprint density at radius 2 is 1.78 bits per heavy atom. The highest BCUT2D eigenvalue weighted by atomic mass is 79.9. The smallest absolute Gasteiger partial charge is 0.147 e. The number of halogens is 3. The average molecular weight is 405 g/mol. The van der Waals surface area contributed by atoms with Crippen LogP contribution in [0, 0.1) is 0 Å². The molecule has 6 heteroatoms. The standard InChI is InChI=1S/C12H5Br2ClN2S/c13-8-5-18-11(9(8)14)10-6-3-1-2-4-7(6)12(15)17-16-10/h1-5H. The van der Waals surface area contributed by atoms with E-state index in [1.165, 1.54) is 0 Å². The predicted octanol–water partition coefficient (Wildman–Crippen LogP) is 5.54. The van der Waals surface area contributed by atoms with Crippen LogP contribution in [0.1, 0.15) is 0 Å². The summed E-state index contributed by atoms with van der Waals surface area (Å²) in [5.74, 6) is 0. The first-order valence-electron chi connectivity index (χ1n) is 5.02. The normalized spacial score (nSPS) is 11.1. The maximum Gasteiger partial charge on any atom is 0.159 e. The highest BCUT2D eigenvalue weighted by Crippen LogP contribution is 2.41. The SMILES string of the molecule is Clc1nnc(-c2scc(Br)c2Br)c2ccccc12.